The first-order valence-corrected chi connectivity index (χ1v) is 8.89. The molecule has 4 heterocycles. The SMILES string of the molecule is O=c1ccc(C(F)(F)F)c(-c2ccc3c(Nc4ccc(C(F)(F)F)cn4)ccnc3n2)[nH]1. The van der Waals surface area contributed by atoms with Crippen LogP contribution >= 0.6 is 0 Å². The molecule has 0 aliphatic rings. The maximum Gasteiger partial charge on any atom is 0.418 e. The van der Waals surface area contributed by atoms with Gasteiger partial charge in [-0.3, -0.25) is 4.79 Å². The van der Waals surface area contributed by atoms with Gasteiger partial charge in [-0.05, 0) is 36.4 Å². The van der Waals surface area contributed by atoms with Crippen molar-refractivity contribution in [2.75, 3.05) is 5.32 Å². The van der Waals surface area contributed by atoms with Crippen molar-refractivity contribution in [3.8, 4) is 11.4 Å². The molecule has 0 amide bonds. The molecular weight excluding hydrogens is 440 g/mol. The number of alkyl halides is 6. The lowest BCUT2D eigenvalue weighted by molar-refractivity contribution is -0.138. The molecular formula is C20H11F6N5O. The summed E-state index contributed by atoms with van der Waals surface area (Å²) in [5.74, 6) is 0.112. The Morgan fingerprint density at radius 1 is 0.844 bits per heavy atom. The van der Waals surface area contributed by atoms with E-state index in [1.165, 1.54) is 24.4 Å². The number of aromatic nitrogens is 4. The van der Waals surface area contributed by atoms with E-state index < -0.39 is 34.7 Å². The van der Waals surface area contributed by atoms with E-state index in [1.807, 2.05) is 0 Å². The number of pyridine rings is 4. The molecule has 0 atom stereocenters. The monoisotopic (exact) mass is 451 g/mol. The third kappa shape index (κ3) is 4.24. The second kappa shape index (κ2) is 7.62. The van der Waals surface area contributed by atoms with E-state index in [0.717, 1.165) is 18.2 Å². The maximum absolute atomic E-state index is 13.3. The molecule has 0 aromatic carbocycles. The molecule has 0 saturated carbocycles. The number of aromatic amines is 1. The number of anilines is 2. The van der Waals surface area contributed by atoms with Crippen LogP contribution in [0.1, 0.15) is 11.1 Å². The highest BCUT2D eigenvalue weighted by Crippen LogP contribution is 2.35. The van der Waals surface area contributed by atoms with Crippen molar-refractivity contribution >= 4 is 22.5 Å². The van der Waals surface area contributed by atoms with Crippen molar-refractivity contribution in [1.29, 1.82) is 0 Å². The molecule has 0 bridgehead atoms. The van der Waals surface area contributed by atoms with Gasteiger partial charge < -0.3 is 10.3 Å². The quantitative estimate of drug-likeness (QED) is 0.421. The number of nitrogens with one attached hydrogen (secondary N) is 2. The number of nitrogens with zero attached hydrogens (tertiary/aromatic N) is 3. The number of hydrogen-bond acceptors (Lipinski definition) is 5. The number of H-pyrrole nitrogens is 1. The van der Waals surface area contributed by atoms with Crippen molar-refractivity contribution in [3.05, 3.63) is 76.3 Å². The number of fused-ring (bicyclic) bond motifs is 1. The van der Waals surface area contributed by atoms with Gasteiger partial charge in [0.25, 0.3) is 0 Å². The predicted octanol–water partition coefficient (Wildman–Crippen LogP) is 5.16. The fraction of sp³-hybridized carbons (Fsp3) is 0.100. The molecule has 0 spiro atoms. The lowest BCUT2D eigenvalue weighted by Gasteiger charge is -2.13. The molecule has 32 heavy (non-hydrogen) atoms. The molecule has 4 aromatic rings. The highest BCUT2D eigenvalue weighted by molar-refractivity contribution is 5.91. The number of hydrogen-bond donors (Lipinski definition) is 2. The maximum atomic E-state index is 13.3. The summed E-state index contributed by atoms with van der Waals surface area (Å²) in [5, 5.41) is 3.21. The second-order valence-electron chi connectivity index (χ2n) is 6.59. The largest absolute Gasteiger partial charge is 0.418 e. The summed E-state index contributed by atoms with van der Waals surface area (Å²) >= 11 is 0. The molecule has 0 unspecified atom stereocenters. The van der Waals surface area contributed by atoms with Crippen LogP contribution in [0.5, 0.6) is 0 Å². The van der Waals surface area contributed by atoms with Crippen LogP contribution in [0.15, 0.2) is 59.7 Å². The summed E-state index contributed by atoms with van der Waals surface area (Å²) < 4.78 is 78.1. The van der Waals surface area contributed by atoms with Gasteiger partial charge in [0.05, 0.1) is 28.2 Å². The molecule has 0 saturated heterocycles. The number of halogens is 6. The Bertz CT molecular complexity index is 1350. The Kier molecular flexibility index (Phi) is 5.07. The first kappa shape index (κ1) is 21.3. The minimum Gasteiger partial charge on any atom is -0.340 e. The van der Waals surface area contributed by atoms with Gasteiger partial charge in [0.15, 0.2) is 5.65 Å². The molecule has 12 heteroatoms. The first-order chi connectivity index (χ1) is 15.0. The van der Waals surface area contributed by atoms with Crippen LogP contribution < -0.4 is 10.9 Å². The normalized spacial score (nSPS) is 12.2. The molecule has 6 nitrogen and oxygen atoms in total. The van der Waals surface area contributed by atoms with Crippen molar-refractivity contribution in [3.63, 3.8) is 0 Å². The molecule has 0 aliphatic carbocycles. The fourth-order valence-electron chi connectivity index (χ4n) is 2.96. The average molecular weight is 451 g/mol. The minimum atomic E-state index is -4.72. The summed E-state index contributed by atoms with van der Waals surface area (Å²) in [6.07, 6.45) is -7.25. The van der Waals surface area contributed by atoms with Gasteiger partial charge in [0.2, 0.25) is 5.56 Å². The van der Waals surface area contributed by atoms with E-state index in [0.29, 0.717) is 23.3 Å². The van der Waals surface area contributed by atoms with Crippen molar-refractivity contribution in [2.45, 2.75) is 12.4 Å². The molecule has 0 fully saturated rings. The van der Waals surface area contributed by atoms with Crippen LogP contribution in [0.2, 0.25) is 0 Å². The summed E-state index contributed by atoms with van der Waals surface area (Å²) in [6.45, 7) is 0. The van der Waals surface area contributed by atoms with Gasteiger partial charge in [-0.2, -0.15) is 26.3 Å². The summed E-state index contributed by atoms with van der Waals surface area (Å²) in [4.78, 5) is 25.6. The van der Waals surface area contributed by atoms with E-state index in [4.69, 9.17) is 0 Å². The van der Waals surface area contributed by atoms with Gasteiger partial charge >= 0.3 is 12.4 Å². The molecule has 0 aliphatic heterocycles. The van der Waals surface area contributed by atoms with E-state index >= 15 is 0 Å². The Labute approximate surface area is 175 Å². The average Bonchev–Trinajstić information content (AvgIpc) is 2.72. The van der Waals surface area contributed by atoms with Gasteiger partial charge in [-0.15, -0.1) is 0 Å². The van der Waals surface area contributed by atoms with Crippen LogP contribution in [0.4, 0.5) is 37.8 Å². The highest BCUT2D eigenvalue weighted by Gasteiger charge is 2.34. The summed E-state index contributed by atoms with van der Waals surface area (Å²) in [7, 11) is 0. The minimum absolute atomic E-state index is 0.0530. The zero-order valence-corrected chi connectivity index (χ0v) is 15.7. The van der Waals surface area contributed by atoms with E-state index in [9.17, 15) is 31.1 Å². The van der Waals surface area contributed by atoms with Crippen LogP contribution in [0.3, 0.4) is 0 Å². The smallest absolute Gasteiger partial charge is 0.340 e. The third-order valence-electron chi connectivity index (χ3n) is 4.44. The molecule has 4 aromatic heterocycles. The van der Waals surface area contributed by atoms with E-state index in [2.05, 4.69) is 25.3 Å². The standard InChI is InChI=1S/C20H11F6N5O/c21-19(22,23)10-1-5-15(28-9-10)29-13-7-8-27-18-11(13)2-4-14(30-18)17-12(20(24,25)26)3-6-16(32)31-17/h1-9H,(H,31,32)(H,27,28,29,30). The van der Waals surface area contributed by atoms with Crippen LogP contribution in [0.25, 0.3) is 22.4 Å². The third-order valence-corrected chi connectivity index (χ3v) is 4.44. The van der Waals surface area contributed by atoms with Crippen LogP contribution in [-0.2, 0) is 12.4 Å². The van der Waals surface area contributed by atoms with Gasteiger partial charge in [-0.25, -0.2) is 15.0 Å². The van der Waals surface area contributed by atoms with Crippen molar-refractivity contribution < 1.29 is 26.3 Å². The van der Waals surface area contributed by atoms with E-state index in [-0.39, 0.29) is 17.2 Å². The molecule has 0 radical (unpaired) electrons. The van der Waals surface area contributed by atoms with Gasteiger partial charge in [0, 0.05) is 23.8 Å². The van der Waals surface area contributed by atoms with Crippen LogP contribution in [-0.4, -0.2) is 19.9 Å². The first-order valence-electron chi connectivity index (χ1n) is 8.89. The summed E-state index contributed by atoms with van der Waals surface area (Å²) in [5.41, 5.74) is -2.93. The fourth-order valence-corrected chi connectivity index (χ4v) is 2.96. The Morgan fingerprint density at radius 3 is 2.28 bits per heavy atom. The Hall–Kier alpha value is -3.96. The van der Waals surface area contributed by atoms with Gasteiger partial charge in [0.1, 0.15) is 5.82 Å². The van der Waals surface area contributed by atoms with Crippen LogP contribution in [0, 0.1) is 0 Å². The zero-order valence-electron chi connectivity index (χ0n) is 15.7. The topological polar surface area (TPSA) is 83.6 Å². The number of rotatable bonds is 3. The second-order valence-corrected chi connectivity index (χ2v) is 6.59. The lowest BCUT2D eigenvalue weighted by atomic mass is 10.1. The van der Waals surface area contributed by atoms with E-state index in [1.54, 1.807) is 0 Å². The van der Waals surface area contributed by atoms with Crippen molar-refractivity contribution in [2.24, 2.45) is 0 Å². The van der Waals surface area contributed by atoms with Crippen molar-refractivity contribution in [1.82, 2.24) is 19.9 Å². The zero-order chi connectivity index (χ0) is 23.1. The predicted molar refractivity (Wildman–Crippen MR) is 103 cm³/mol. The lowest BCUT2D eigenvalue weighted by Crippen LogP contribution is -2.14. The Morgan fingerprint density at radius 2 is 1.62 bits per heavy atom. The Balaban J connectivity index is 1.73. The van der Waals surface area contributed by atoms with Gasteiger partial charge in [-0.1, -0.05) is 0 Å². The molecule has 164 valence electrons. The summed E-state index contributed by atoms with van der Waals surface area (Å²) in [6, 6.07) is 7.65. The highest BCUT2D eigenvalue weighted by atomic mass is 19.4. The molecule has 2 N–H and O–H groups in total. The molecule has 4 rings (SSSR count).